The Balaban J connectivity index is 2.66. The van der Waals surface area contributed by atoms with Gasteiger partial charge in [-0.3, -0.25) is 0 Å². The van der Waals surface area contributed by atoms with Crippen LogP contribution in [0.1, 0.15) is 19.8 Å². The second kappa shape index (κ2) is 5.09. The summed E-state index contributed by atoms with van der Waals surface area (Å²) in [5, 5.41) is 1.78. The smallest absolute Gasteiger partial charge is 0.0345 e. The van der Waals surface area contributed by atoms with Crippen LogP contribution in [0.5, 0.6) is 0 Å². The molecule has 6 heavy (non-hydrogen) atoms. The fourth-order valence-electron chi connectivity index (χ4n) is 0.241. The van der Waals surface area contributed by atoms with Gasteiger partial charge in [-0.1, -0.05) is 19.4 Å². The maximum absolute atomic E-state index is 3.87. The van der Waals surface area contributed by atoms with Gasteiger partial charge in [-0.25, -0.2) is 0 Å². The molecule has 0 radical (unpaired) electrons. The zero-order chi connectivity index (χ0) is 4.83. The van der Waals surface area contributed by atoms with Crippen LogP contribution in [-0.2, 0) is 0 Å². The van der Waals surface area contributed by atoms with Crippen LogP contribution in [0.4, 0.5) is 0 Å². The normalized spacial score (nSPS) is 10.3. The molecule has 0 aliphatic carbocycles. The molecule has 0 heterocycles. The Morgan fingerprint density at radius 3 is 2.50 bits per heavy atom. The Labute approximate surface area is 44.7 Å². The van der Waals surface area contributed by atoms with Crippen molar-refractivity contribution in [1.29, 1.82) is 0 Å². The molecule has 0 saturated carbocycles. The van der Waals surface area contributed by atoms with E-state index >= 15 is 0 Å². The van der Waals surface area contributed by atoms with E-state index in [-0.39, 0.29) is 0 Å². The average Bonchev–Trinajstić information content (AvgIpc) is 1.61. The van der Waals surface area contributed by atoms with Crippen LogP contribution in [0.2, 0.25) is 0 Å². The van der Waals surface area contributed by atoms with Gasteiger partial charge < -0.3 is 0 Å². The zero-order valence-corrected chi connectivity index (χ0v) is 4.91. The predicted molar refractivity (Wildman–Crippen MR) is 33.0 cm³/mol. The number of hydrogen-bond acceptors (Lipinski definition) is 1. The molecular weight excluding hydrogens is 92.1 g/mol. The van der Waals surface area contributed by atoms with Crippen LogP contribution >= 0.6 is 12.6 Å². The molecule has 0 aliphatic rings. The molecule has 1 heteroatoms. The van der Waals surface area contributed by atoms with E-state index in [4.69, 9.17) is 0 Å². The standard InChI is InChI=1S/C5H10S/c1-2-3-4-5-6/h4-6H,2-3H2,1H3/b5-4+. The summed E-state index contributed by atoms with van der Waals surface area (Å²) in [6.07, 6.45) is 4.42. The third kappa shape index (κ3) is 4.09. The van der Waals surface area contributed by atoms with Crippen LogP contribution in [0, 0.1) is 0 Å². The van der Waals surface area contributed by atoms with Crippen molar-refractivity contribution in [3.8, 4) is 0 Å². The summed E-state index contributed by atoms with van der Waals surface area (Å²) in [6, 6.07) is 0. The molecule has 0 rings (SSSR count). The minimum Gasteiger partial charge on any atom is -0.152 e. The van der Waals surface area contributed by atoms with Crippen molar-refractivity contribution in [3.05, 3.63) is 11.5 Å². The Bertz CT molecular complexity index is 39.2. The predicted octanol–water partition coefficient (Wildman–Crippen LogP) is 2.23. The van der Waals surface area contributed by atoms with E-state index in [9.17, 15) is 0 Å². The maximum Gasteiger partial charge on any atom is -0.0345 e. The average molecular weight is 102 g/mol. The highest BCUT2D eigenvalue weighted by Gasteiger charge is 1.65. The highest BCUT2D eigenvalue weighted by atomic mass is 32.1. The molecule has 0 amide bonds. The highest BCUT2D eigenvalue weighted by molar-refractivity contribution is 7.83. The Kier molecular flexibility index (Phi) is 5.17. The van der Waals surface area contributed by atoms with Gasteiger partial charge in [0.2, 0.25) is 0 Å². The molecule has 0 atom stereocenters. The topological polar surface area (TPSA) is 0 Å². The monoisotopic (exact) mass is 102 g/mol. The van der Waals surface area contributed by atoms with Gasteiger partial charge in [0.05, 0.1) is 0 Å². The molecule has 0 saturated heterocycles. The lowest BCUT2D eigenvalue weighted by molar-refractivity contribution is 0.960. The third-order valence-electron chi connectivity index (χ3n) is 0.561. The SMILES string of the molecule is CCC/C=C/S. The summed E-state index contributed by atoms with van der Waals surface area (Å²) in [7, 11) is 0. The van der Waals surface area contributed by atoms with E-state index in [1.54, 1.807) is 5.41 Å². The largest absolute Gasteiger partial charge is 0.152 e. The van der Waals surface area contributed by atoms with Crippen LogP contribution in [0.3, 0.4) is 0 Å². The van der Waals surface area contributed by atoms with Crippen LogP contribution in [0.15, 0.2) is 11.5 Å². The quantitative estimate of drug-likeness (QED) is 0.508. The summed E-state index contributed by atoms with van der Waals surface area (Å²) >= 11 is 3.87. The van der Waals surface area contributed by atoms with E-state index in [1.165, 1.54) is 6.42 Å². The van der Waals surface area contributed by atoms with E-state index in [0.29, 0.717) is 0 Å². The Morgan fingerprint density at radius 2 is 2.33 bits per heavy atom. The van der Waals surface area contributed by atoms with Gasteiger partial charge >= 0.3 is 0 Å². The Morgan fingerprint density at radius 1 is 1.67 bits per heavy atom. The Hall–Kier alpha value is 0.0900. The molecule has 36 valence electrons. The summed E-state index contributed by atoms with van der Waals surface area (Å²) in [5.74, 6) is 0. The van der Waals surface area contributed by atoms with Crippen molar-refractivity contribution in [1.82, 2.24) is 0 Å². The number of unbranched alkanes of at least 4 members (excludes halogenated alkanes) is 1. The first kappa shape index (κ1) is 6.09. The lowest BCUT2D eigenvalue weighted by Crippen LogP contribution is -1.54. The minimum absolute atomic E-state index is 1.16. The van der Waals surface area contributed by atoms with Crippen molar-refractivity contribution >= 4 is 12.6 Å². The van der Waals surface area contributed by atoms with Crippen LogP contribution in [0.25, 0.3) is 0 Å². The van der Waals surface area contributed by atoms with Crippen LogP contribution < -0.4 is 0 Å². The van der Waals surface area contributed by atoms with Gasteiger partial charge in [-0.2, -0.15) is 12.6 Å². The molecule has 0 aromatic heterocycles. The van der Waals surface area contributed by atoms with Gasteiger partial charge in [0.25, 0.3) is 0 Å². The highest BCUT2D eigenvalue weighted by Crippen LogP contribution is 1.88. The number of hydrogen-bond donors (Lipinski definition) is 1. The molecule has 0 aliphatic heterocycles. The van der Waals surface area contributed by atoms with Gasteiger partial charge in [0, 0.05) is 0 Å². The molecule has 0 nitrogen and oxygen atoms in total. The first-order valence-corrected chi connectivity index (χ1v) is 2.72. The van der Waals surface area contributed by atoms with Gasteiger partial charge in [0.1, 0.15) is 0 Å². The maximum atomic E-state index is 3.87. The second-order valence-electron chi connectivity index (χ2n) is 1.17. The lowest BCUT2D eigenvalue weighted by atomic mass is 10.3. The van der Waals surface area contributed by atoms with E-state index in [0.717, 1.165) is 6.42 Å². The molecule has 0 spiro atoms. The molecule has 0 unspecified atom stereocenters. The van der Waals surface area contributed by atoms with E-state index in [1.807, 2.05) is 6.08 Å². The van der Waals surface area contributed by atoms with Crippen molar-refractivity contribution in [3.63, 3.8) is 0 Å². The summed E-state index contributed by atoms with van der Waals surface area (Å²) in [6.45, 7) is 2.15. The molecule has 0 N–H and O–H groups in total. The van der Waals surface area contributed by atoms with Crippen molar-refractivity contribution in [2.24, 2.45) is 0 Å². The number of allylic oxidation sites excluding steroid dienone is 1. The lowest BCUT2D eigenvalue weighted by Gasteiger charge is -1.75. The minimum atomic E-state index is 1.16. The van der Waals surface area contributed by atoms with Crippen molar-refractivity contribution in [2.75, 3.05) is 0 Å². The summed E-state index contributed by atoms with van der Waals surface area (Å²) < 4.78 is 0. The van der Waals surface area contributed by atoms with E-state index < -0.39 is 0 Å². The molecule has 0 aromatic rings. The summed E-state index contributed by atoms with van der Waals surface area (Å²) in [5.41, 5.74) is 0. The summed E-state index contributed by atoms with van der Waals surface area (Å²) in [4.78, 5) is 0. The molecule has 0 aromatic carbocycles. The number of thiol groups is 1. The second-order valence-corrected chi connectivity index (χ2v) is 1.47. The van der Waals surface area contributed by atoms with Crippen molar-refractivity contribution < 1.29 is 0 Å². The molecular formula is C5H10S. The fourth-order valence-corrected chi connectivity index (χ4v) is 0.390. The fraction of sp³-hybridized carbons (Fsp3) is 0.600. The first-order valence-electron chi connectivity index (χ1n) is 2.21. The van der Waals surface area contributed by atoms with Gasteiger partial charge in [-0.15, -0.1) is 0 Å². The van der Waals surface area contributed by atoms with Gasteiger partial charge in [0.15, 0.2) is 0 Å². The first-order chi connectivity index (χ1) is 2.91. The third-order valence-corrected chi connectivity index (χ3v) is 0.772. The van der Waals surface area contributed by atoms with E-state index in [2.05, 4.69) is 19.6 Å². The van der Waals surface area contributed by atoms with Crippen LogP contribution in [-0.4, -0.2) is 0 Å². The molecule has 0 fully saturated rings. The van der Waals surface area contributed by atoms with Crippen molar-refractivity contribution in [2.45, 2.75) is 19.8 Å². The molecule has 0 bridgehead atoms. The zero-order valence-electron chi connectivity index (χ0n) is 4.02. The van der Waals surface area contributed by atoms with Gasteiger partial charge in [-0.05, 0) is 11.8 Å². The number of rotatable bonds is 2.